The van der Waals surface area contributed by atoms with Crippen LogP contribution >= 0.6 is 11.8 Å². The molecule has 0 saturated carbocycles. The monoisotopic (exact) mass is 305 g/mol. The Hall–Kier alpha value is -1.95. The Kier molecular flexibility index (Phi) is 4.90. The average molecular weight is 305 g/mol. The first kappa shape index (κ1) is 15.4. The highest BCUT2D eigenvalue weighted by atomic mass is 32.2. The molecule has 0 aliphatic rings. The summed E-state index contributed by atoms with van der Waals surface area (Å²) in [6, 6.07) is 4.48. The summed E-state index contributed by atoms with van der Waals surface area (Å²) in [5.74, 6) is -0.155. The van der Waals surface area contributed by atoms with Gasteiger partial charge in [0, 0.05) is 15.7 Å². The number of benzene rings is 1. The molecule has 0 unspecified atom stereocenters. The number of aryl methyl sites for hydroxylation is 1. The molecule has 0 saturated heterocycles. The summed E-state index contributed by atoms with van der Waals surface area (Å²) >= 11 is 1.42. The Labute approximate surface area is 127 Å². The van der Waals surface area contributed by atoms with Crippen molar-refractivity contribution in [3.63, 3.8) is 0 Å². The third kappa shape index (κ3) is 4.26. The van der Waals surface area contributed by atoms with Gasteiger partial charge in [0.15, 0.2) is 0 Å². The normalized spacial score (nSPS) is 10.7. The summed E-state index contributed by atoms with van der Waals surface area (Å²) in [6.07, 6.45) is 3.03. The zero-order chi connectivity index (χ0) is 15.4. The van der Waals surface area contributed by atoms with Crippen LogP contribution in [0.3, 0.4) is 0 Å². The lowest BCUT2D eigenvalue weighted by molar-refractivity contribution is 0.102. The molecule has 2 rings (SSSR count). The summed E-state index contributed by atoms with van der Waals surface area (Å²) in [5, 5.41) is 2.92. The Morgan fingerprint density at radius 2 is 1.95 bits per heavy atom. The number of rotatable bonds is 4. The lowest BCUT2D eigenvalue weighted by Gasteiger charge is -2.08. The van der Waals surface area contributed by atoms with Crippen molar-refractivity contribution in [2.75, 3.05) is 5.32 Å². The maximum atomic E-state index is 13.9. The van der Waals surface area contributed by atoms with Gasteiger partial charge in [-0.15, -0.1) is 11.8 Å². The summed E-state index contributed by atoms with van der Waals surface area (Å²) in [4.78, 5) is 20.6. The van der Waals surface area contributed by atoms with Gasteiger partial charge in [0.1, 0.15) is 11.6 Å². The van der Waals surface area contributed by atoms with E-state index in [2.05, 4.69) is 15.3 Å². The molecule has 1 heterocycles. The highest BCUT2D eigenvalue weighted by Gasteiger charge is 2.11. The minimum atomic E-state index is -0.387. The fourth-order valence-corrected chi connectivity index (χ4v) is 2.48. The van der Waals surface area contributed by atoms with Crippen molar-refractivity contribution in [1.29, 1.82) is 0 Å². The fraction of sp³-hybridized carbons (Fsp3) is 0.267. The lowest BCUT2D eigenvalue weighted by Crippen LogP contribution is -2.13. The van der Waals surface area contributed by atoms with E-state index < -0.39 is 0 Å². The van der Waals surface area contributed by atoms with Crippen molar-refractivity contribution in [3.8, 4) is 0 Å². The summed E-state index contributed by atoms with van der Waals surface area (Å²) < 4.78 is 13.9. The van der Waals surface area contributed by atoms with Gasteiger partial charge in [-0.1, -0.05) is 13.8 Å². The minimum absolute atomic E-state index is 0.265. The van der Waals surface area contributed by atoms with E-state index in [9.17, 15) is 9.18 Å². The van der Waals surface area contributed by atoms with E-state index in [1.165, 1.54) is 30.2 Å². The SMILES string of the molecule is Cc1ncc(NC(=O)c2ccc(SC(C)C)c(F)c2)cn1. The molecule has 1 N–H and O–H groups in total. The Morgan fingerprint density at radius 3 is 2.52 bits per heavy atom. The molecule has 0 spiro atoms. The fourth-order valence-electron chi connectivity index (χ4n) is 1.65. The molecule has 2 aromatic rings. The third-order valence-electron chi connectivity index (χ3n) is 2.60. The number of thioether (sulfide) groups is 1. The van der Waals surface area contributed by atoms with Gasteiger partial charge in [0.25, 0.3) is 5.91 Å². The number of nitrogens with zero attached hydrogens (tertiary/aromatic N) is 2. The molecule has 1 aromatic heterocycles. The number of halogens is 1. The van der Waals surface area contributed by atoms with Gasteiger partial charge >= 0.3 is 0 Å². The van der Waals surface area contributed by atoms with E-state index in [-0.39, 0.29) is 22.5 Å². The third-order valence-corrected chi connectivity index (χ3v) is 3.65. The second-order valence-electron chi connectivity index (χ2n) is 4.78. The van der Waals surface area contributed by atoms with Crippen molar-refractivity contribution >= 4 is 23.4 Å². The molecular formula is C15H16FN3OS. The van der Waals surface area contributed by atoms with Gasteiger partial charge < -0.3 is 5.32 Å². The molecule has 0 aliphatic heterocycles. The van der Waals surface area contributed by atoms with Crippen LogP contribution in [0.2, 0.25) is 0 Å². The van der Waals surface area contributed by atoms with E-state index in [4.69, 9.17) is 0 Å². The molecular weight excluding hydrogens is 289 g/mol. The number of aromatic nitrogens is 2. The van der Waals surface area contributed by atoms with Crippen LogP contribution in [-0.2, 0) is 0 Å². The van der Waals surface area contributed by atoms with Crippen LogP contribution in [0.15, 0.2) is 35.5 Å². The summed E-state index contributed by atoms with van der Waals surface area (Å²) in [5.41, 5.74) is 0.743. The number of nitrogens with one attached hydrogen (secondary N) is 1. The van der Waals surface area contributed by atoms with Gasteiger partial charge in [0.2, 0.25) is 0 Å². The minimum Gasteiger partial charge on any atom is -0.319 e. The topological polar surface area (TPSA) is 54.9 Å². The van der Waals surface area contributed by atoms with E-state index in [1.54, 1.807) is 19.1 Å². The number of hydrogen-bond donors (Lipinski definition) is 1. The molecule has 0 aliphatic carbocycles. The lowest BCUT2D eigenvalue weighted by atomic mass is 10.2. The van der Waals surface area contributed by atoms with Crippen molar-refractivity contribution in [3.05, 3.63) is 47.8 Å². The quantitative estimate of drug-likeness (QED) is 0.876. The number of amides is 1. The van der Waals surface area contributed by atoms with Crippen LogP contribution in [0, 0.1) is 12.7 Å². The predicted octanol–water partition coefficient (Wildman–Crippen LogP) is 3.68. The number of carbonyl (C=O) groups excluding carboxylic acids is 1. The molecule has 1 aromatic carbocycles. The number of hydrogen-bond acceptors (Lipinski definition) is 4. The molecule has 6 heteroatoms. The molecule has 0 bridgehead atoms. The second-order valence-corrected chi connectivity index (χ2v) is 6.40. The molecule has 21 heavy (non-hydrogen) atoms. The van der Waals surface area contributed by atoms with Crippen LogP contribution in [0.1, 0.15) is 30.0 Å². The van der Waals surface area contributed by atoms with Crippen molar-refractivity contribution < 1.29 is 9.18 Å². The molecule has 1 amide bonds. The Balaban J connectivity index is 2.12. The first-order valence-electron chi connectivity index (χ1n) is 6.52. The maximum absolute atomic E-state index is 13.9. The molecule has 0 fully saturated rings. The van der Waals surface area contributed by atoms with E-state index in [1.807, 2.05) is 13.8 Å². The highest BCUT2D eigenvalue weighted by molar-refractivity contribution is 7.99. The molecule has 0 atom stereocenters. The van der Waals surface area contributed by atoms with Crippen LogP contribution < -0.4 is 5.32 Å². The first-order valence-corrected chi connectivity index (χ1v) is 7.40. The summed E-state index contributed by atoms with van der Waals surface area (Å²) in [7, 11) is 0. The van der Waals surface area contributed by atoms with Gasteiger partial charge in [0.05, 0.1) is 18.1 Å². The standard InChI is InChI=1S/C15H16FN3OS/c1-9(2)21-14-5-4-11(6-13(14)16)15(20)19-12-7-17-10(3)18-8-12/h4-9H,1-3H3,(H,19,20). The first-order chi connectivity index (χ1) is 9.95. The zero-order valence-electron chi connectivity index (χ0n) is 12.1. The predicted molar refractivity (Wildman–Crippen MR) is 82.1 cm³/mol. The van der Waals surface area contributed by atoms with Crippen LogP contribution in [0.5, 0.6) is 0 Å². The van der Waals surface area contributed by atoms with E-state index in [0.717, 1.165) is 0 Å². The molecule has 0 radical (unpaired) electrons. The number of anilines is 1. The molecule has 110 valence electrons. The van der Waals surface area contributed by atoms with E-state index >= 15 is 0 Å². The second kappa shape index (κ2) is 6.67. The highest BCUT2D eigenvalue weighted by Crippen LogP contribution is 2.26. The Bertz CT molecular complexity index is 644. The largest absolute Gasteiger partial charge is 0.319 e. The van der Waals surface area contributed by atoms with Crippen LogP contribution in [-0.4, -0.2) is 21.1 Å². The zero-order valence-corrected chi connectivity index (χ0v) is 12.9. The average Bonchev–Trinajstić information content (AvgIpc) is 2.43. The summed E-state index contributed by atoms with van der Waals surface area (Å²) in [6.45, 7) is 5.73. The van der Waals surface area contributed by atoms with Gasteiger partial charge in [-0.25, -0.2) is 14.4 Å². The van der Waals surface area contributed by atoms with Gasteiger partial charge in [-0.2, -0.15) is 0 Å². The number of carbonyl (C=O) groups is 1. The van der Waals surface area contributed by atoms with Crippen LogP contribution in [0.4, 0.5) is 10.1 Å². The van der Waals surface area contributed by atoms with Crippen molar-refractivity contribution in [2.24, 2.45) is 0 Å². The smallest absolute Gasteiger partial charge is 0.255 e. The maximum Gasteiger partial charge on any atom is 0.255 e. The van der Waals surface area contributed by atoms with E-state index in [0.29, 0.717) is 16.4 Å². The van der Waals surface area contributed by atoms with Gasteiger partial charge in [-0.05, 0) is 25.1 Å². The molecule has 4 nitrogen and oxygen atoms in total. The van der Waals surface area contributed by atoms with Gasteiger partial charge in [-0.3, -0.25) is 4.79 Å². The van der Waals surface area contributed by atoms with Crippen molar-refractivity contribution in [1.82, 2.24) is 9.97 Å². The Morgan fingerprint density at radius 1 is 1.29 bits per heavy atom. The van der Waals surface area contributed by atoms with Crippen molar-refractivity contribution in [2.45, 2.75) is 30.9 Å². The van der Waals surface area contributed by atoms with Crippen LogP contribution in [0.25, 0.3) is 0 Å².